The van der Waals surface area contributed by atoms with E-state index in [0.29, 0.717) is 6.04 Å². The first-order valence-corrected chi connectivity index (χ1v) is 6.02. The van der Waals surface area contributed by atoms with E-state index in [-0.39, 0.29) is 12.4 Å². The van der Waals surface area contributed by atoms with Crippen LogP contribution >= 0.6 is 12.4 Å². The summed E-state index contributed by atoms with van der Waals surface area (Å²) in [5.41, 5.74) is 1.08. The number of aromatic nitrogens is 3. The summed E-state index contributed by atoms with van der Waals surface area (Å²) < 4.78 is 1.97. The van der Waals surface area contributed by atoms with E-state index in [1.807, 2.05) is 16.7 Å². The van der Waals surface area contributed by atoms with Crippen molar-refractivity contribution in [3.05, 3.63) is 30.4 Å². The van der Waals surface area contributed by atoms with Crippen molar-refractivity contribution in [2.75, 3.05) is 20.1 Å². The Hall–Kier alpha value is -1.17. The van der Waals surface area contributed by atoms with Gasteiger partial charge in [-0.15, -0.1) is 12.4 Å². The van der Waals surface area contributed by atoms with Gasteiger partial charge in [0.05, 0.1) is 5.69 Å². The number of halogens is 1. The van der Waals surface area contributed by atoms with Gasteiger partial charge in [0.25, 0.3) is 0 Å². The number of fused-ring (bicyclic) bond motifs is 1. The summed E-state index contributed by atoms with van der Waals surface area (Å²) in [6, 6.07) is 2.55. The molecule has 6 heteroatoms. The van der Waals surface area contributed by atoms with Crippen LogP contribution in [0.5, 0.6) is 0 Å². The normalized spacial score (nSPS) is 19.3. The van der Waals surface area contributed by atoms with Gasteiger partial charge in [0.1, 0.15) is 0 Å². The predicted molar refractivity (Wildman–Crippen MR) is 73.0 cm³/mol. The highest BCUT2D eigenvalue weighted by Crippen LogP contribution is 2.11. The van der Waals surface area contributed by atoms with Crippen molar-refractivity contribution < 1.29 is 0 Å². The molecule has 1 aliphatic rings. The molecule has 3 heterocycles. The molecule has 0 bridgehead atoms. The molecule has 1 fully saturated rings. The number of nitrogens with one attached hydrogen (secondary N) is 1. The van der Waals surface area contributed by atoms with Crippen LogP contribution in [-0.4, -0.2) is 45.4 Å². The highest BCUT2D eigenvalue weighted by molar-refractivity contribution is 5.85. The smallest absolute Gasteiger partial charge is 0.233 e. The zero-order chi connectivity index (χ0) is 11.7. The first kappa shape index (κ1) is 13.3. The van der Waals surface area contributed by atoms with Gasteiger partial charge in [0.15, 0.2) is 0 Å². The van der Waals surface area contributed by atoms with Crippen molar-refractivity contribution in [3.63, 3.8) is 0 Å². The predicted octanol–water partition coefficient (Wildman–Crippen LogP) is 0.945. The van der Waals surface area contributed by atoms with Crippen LogP contribution in [0.4, 0.5) is 0 Å². The van der Waals surface area contributed by atoms with E-state index in [9.17, 15) is 0 Å². The second-order valence-electron chi connectivity index (χ2n) is 4.62. The summed E-state index contributed by atoms with van der Waals surface area (Å²) in [6.07, 6.45) is 7.04. The van der Waals surface area contributed by atoms with E-state index in [0.717, 1.165) is 31.1 Å². The van der Waals surface area contributed by atoms with Crippen LogP contribution in [0.25, 0.3) is 5.78 Å². The average molecular weight is 268 g/mol. The Labute approximate surface area is 113 Å². The first-order chi connectivity index (χ1) is 8.33. The first-order valence-electron chi connectivity index (χ1n) is 6.02. The Kier molecular flexibility index (Phi) is 4.16. The minimum absolute atomic E-state index is 0. The SMILES string of the molecule is CN(Cc1cn2cccnc2n1)C1CCNC1.Cl. The molecule has 1 saturated heterocycles. The molecule has 1 N–H and O–H groups in total. The number of likely N-dealkylation sites (N-methyl/N-ethyl adjacent to an activating group) is 1. The van der Waals surface area contributed by atoms with E-state index in [4.69, 9.17) is 0 Å². The van der Waals surface area contributed by atoms with Gasteiger partial charge < -0.3 is 5.32 Å². The summed E-state index contributed by atoms with van der Waals surface area (Å²) >= 11 is 0. The Morgan fingerprint density at radius 1 is 1.56 bits per heavy atom. The lowest BCUT2D eigenvalue weighted by atomic mass is 10.2. The quantitative estimate of drug-likeness (QED) is 0.899. The molecular weight excluding hydrogens is 250 g/mol. The molecule has 0 spiro atoms. The molecular formula is C12H18ClN5. The summed E-state index contributed by atoms with van der Waals surface area (Å²) in [7, 11) is 2.16. The van der Waals surface area contributed by atoms with Gasteiger partial charge in [-0.3, -0.25) is 9.30 Å². The third kappa shape index (κ3) is 2.63. The molecule has 0 radical (unpaired) electrons. The van der Waals surface area contributed by atoms with Crippen LogP contribution in [0, 0.1) is 0 Å². The molecule has 3 rings (SSSR count). The van der Waals surface area contributed by atoms with Gasteiger partial charge in [0.2, 0.25) is 5.78 Å². The molecule has 1 unspecified atom stereocenters. The van der Waals surface area contributed by atoms with Gasteiger partial charge in [-0.05, 0) is 26.1 Å². The number of hydrogen-bond acceptors (Lipinski definition) is 4. The second kappa shape index (κ2) is 5.65. The lowest BCUT2D eigenvalue weighted by Gasteiger charge is -2.22. The molecule has 0 aromatic carbocycles. The summed E-state index contributed by atoms with van der Waals surface area (Å²) in [5.74, 6) is 0.778. The van der Waals surface area contributed by atoms with Crippen molar-refractivity contribution in [2.45, 2.75) is 19.0 Å². The number of imidazole rings is 1. The van der Waals surface area contributed by atoms with Crippen LogP contribution in [0.15, 0.2) is 24.7 Å². The van der Waals surface area contributed by atoms with E-state index in [1.165, 1.54) is 6.42 Å². The fraction of sp³-hybridized carbons (Fsp3) is 0.500. The van der Waals surface area contributed by atoms with Crippen LogP contribution < -0.4 is 5.32 Å². The van der Waals surface area contributed by atoms with Gasteiger partial charge >= 0.3 is 0 Å². The lowest BCUT2D eigenvalue weighted by Crippen LogP contribution is -2.32. The molecule has 0 amide bonds. The Balaban J connectivity index is 0.00000120. The maximum atomic E-state index is 4.51. The molecule has 98 valence electrons. The van der Waals surface area contributed by atoms with Crippen molar-refractivity contribution in [2.24, 2.45) is 0 Å². The van der Waals surface area contributed by atoms with Crippen molar-refractivity contribution >= 4 is 18.2 Å². The number of nitrogens with zero attached hydrogens (tertiary/aromatic N) is 4. The van der Waals surface area contributed by atoms with Crippen LogP contribution in [0.2, 0.25) is 0 Å². The van der Waals surface area contributed by atoms with Crippen LogP contribution in [0.1, 0.15) is 12.1 Å². The van der Waals surface area contributed by atoms with Gasteiger partial charge in [0, 0.05) is 37.7 Å². The van der Waals surface area contributed by atoms with E-state index < -0.39 is 0 Å². The largest absolute Gasteiger partial charge is 0.315 e. The van der Waals surface area contributed by atoms with E-state index >= 15 is 0 Å². The Morgan fingerprint density at radius 2 is 2.44 bits per heavy atom. The summed E-state index contributed by atoms with van der Waals surface area (Å²) in [4.78, 5) is 11.1. The van der Waals surface area contributed by atoms with Gasteiger partial charge in [-0.1, -0.05) is 0 Å². The van der Waals surface area contributed by atoms with Crippen molar-refractivity contribution in [1.29, 1.82) is 0 Å². The highest BCUT2D eigenvalue weighted by Gasteiger charge is 2.19. The van der Waals surface area contributed by atoms with Gasteiger partial charge in [-0.25, -0.2) is 9.97 Å². The third-order valence-electron chi connectivity index (χ3n) is 3.35. The van der Waals surface area contributed by atoms with Crippen LogP contribution in [0.3, 0.4) is 0 Å². The zero-order valence-corrected chi connectivity index (χ0v) is 11.2. The topological polar surface area (TPSA) is 45.5 Å². The number of hydrogen-bond donors (Lipinski definition) is 1. The standard InChI is InChI=1S/C12H17N5.ClH/c1-16(11-3-5-13-7-11)8-10-9-17-6-2-4-14-12(17)15-10;/h2,4,6,9,11,13H,3,5,7-8H2,1H3;1H. The molecule has 0 saturated carbocycles. The molecule has 2 aromatic rings. The second-order valence-corrected chi connectivity index (χ2v) is 4.62. The fourth-order valence-electron chi connectivity index (χ4n) is 2.36. The highest BCUT2D eigenvalue weighted by atomic mass is 35.5. The third-order valence-corrected chi connectivity index (χ3v) is 3.35. The van der Waals surface area contributed by atoms with E-state index in [1.54, 1.807) is 6.20 Å². The fourth-order valence-corrected chi connectivity index (χ4v) is 2.36. The maximum absolute atomic E-state index is 4.51. The Bertz CT molecular complexity index is 473. The molecule has 2 aromatic heterocycles. The summed E-state index contributed by atoms with van der Waals surface area (Å²) in [5, 5.41) is 3.39. The Morgan fingerprint density at radius 3 is 3.17 bits per heavy atom. The summed E-state index contributed by atoms with van der Waals surface area (Å²) in [6.45, 7) is 3.10. The van der Waals surface area contributed by atoms with Gasteiger partial charge in [-0.2, -0.15) is 0 Å². The maximum Gasteiger partial charge on any atom is 0.233 e. The molecule has 0 aliphatic carbocycles. The minimum Gasteiger partial charge on any atom is -0.315 e. The van der Waals surface area contributed by atoms with Crippen molar-refractivity contribution in [3.8, 4) is 0 Å². The number of rotatable bonds is 3. The molecule has 1 atom stereocenters. The zero-order valence-electron chi connectivity index (χ0n) is 10.4. The monoisotopic (exact) mass is 267 g/mol. The molecule has 5 nitrogen and oxygen atoms in total. The molecule has 18 heavy (non-hydrogen) atoms. The minimum atomic E-state index is 0. The van der Waals surface area contributed by atoms with Crippen LogP contribution in [-0.2, 0) is 6.54 Å². The lowest BCUT2D eigenvalue weighted by molar-refractivity contribution is 0.246. The van der Waals surface area contributed by atoms with Crippen molar-refractivity contribution in [1.82, 2.24) is 24.6 Å². The molecule has 1 aliphatic heterocycles. The van der Waals surface area contributed by atoms with E-state index in [2.05, 4.69) is 33.4 Å². The average Bonchev–Trinajstić information content (AvgIpc) is 2.97.